The number of hydrogen-bond donors (Lipinski definition) is 2. The Kier molecular flexibility index (Phi) is 3.46. The van der Waals surface area contributed by atoms with E-state index in [9.17, 15) is 4.39 Å². The van der Waals surface area contributed by atoms with E-state index in [0.29, 0.717) is 17.2 Å². The van der Waals surface area contributed by atoms with Gasteiger partial charge in [-0.2, -0.15) is 0 Å². The van der Waals surface area contributed by atoms with Crippen LogP contribution in [-0.2, 0) is 0 Å². The quantitative estimate of drug-likeness (QED) is 0.872. The van der Waals surface area contributed by atoms with Gasteiger partial charge in [-0.05, 0) is 43.2 Å². The fourth-order valence-electron chi connectivity index (χ4n) is 1.72. The van der Waals surface area contributed by atoms with Crippen LogP contribution in [0.15, 0.2) is 36.4 Å². The third-order valence-corrected chi connectivity index (χ3v) is 2.83. The minimum Gasteiger partial charge on any atom is -0.384 e. The zero-order valence-corrected chi connectivity index (χ0v) is 10.4. The molecule has 1 aromatic heterocycles. The zero-order chi connectivity index (χ0) is 13.1. The maximum Gasteiger partial charge on any atom is 0.128 e. The van der Waals surface area contributed by atoms with Gasteiger partial charge >= 0.3 is 0 Å². The molecule has 2 rings (SSSR count). The van der Waals surface area contributed by atoms with Gasteiger partial charge in [0.1, 0.15) is 17.5 Å². The predicted octanol–water partition coefficient (Wildman–Crippen LogP) is 3.28. The summed E-state index contributed by atoms with van der Waals surface area (Å²) in [6, 6.07) is 10.6. The van der Waals surface area contributed by atoms with Crippen molar-refractivity contribution in [1.82, 2.24) is 4.98 Å². The standard InChI is InChI=1S/C14H16FN3/c1-9-6-7-11(8-12(9)15)10(2)17-14-5-3-4-13(16)18-14/h3-8,10H,1-2H3,(H3,16,17,18). The number of nitrogens with zero attached hydrogens (tertiary/aromatic N) is 1. The largest absolute Gasteiger partial charge is 0.384 e. The van der Waals surface area contributed by atoms with E-state index in [0.717, 1.165) is 5.56 Å². The van der Waals surface area contributed by atoms with Crippen LogP contribution in [-0.4, -0.2) is 4.98 Å². The Morgan fingerprint density at radius 1 is 1.28 bits per heavy atom. The first-order valence-electron chi connectivity index (χ1n) is 5.81. The summed E-state index contributed by atoms with van der Waals surface area (Å²) in [6.07, 6.45) is 0. The van der Waals surface area contributed by atoms with Gasteiger partial charge in [0, 0.05) is 0 Å². The highest BCUT2D eigenvalue weighted by atomic mass is 19.1. The first-order chi connectivity index (χ1) is 8.56. The number of nitrogens with one attached hydrogen (secondary N) is 1. The van der Waals surface area contributed by atoms with Crippen LogP contribution >= 0.6 is 0 Å². The maximum absolute atomic E-state index is 13.5. The van der Waals surface area contributed by atoms with Crippen LogP contribution in [0.1, 0.15) is 24.1 Å². The van der Waals surface area contributed by atoms with Gasteiger partial charge in [0.05, 0.1) is 6.04 Å². The Balaban J connectivity index is 2.16. The average Bonchev–Trinajstić information content (AvgIpc) is 2.32. The number of nitrogen functional groups attached to an aromatic ring is 1. The summed E-state index contributed by atoms with van der Waals surface area (Å²) in [5.41, 5.74) is 7.13. The van der Waals surface area contributed by atoms with E-state index in [1.165, 1.54) is 0 Å². The molecule has 1 atom stereocenters. The predicted molar refractivity (Wildman–Crippen MR) is 71.8 cm³/mol. The molecule has 4 heteroatoms. The second-order valence-electron chi connectivity index (χ2n) is 4.32. The van der Waals surface area contributed by atoms with Crippen molar-refractivity contribution in [2.75, 3.05) is 11.1 Å². The van der Waals surface area contributed by atoms with Crippen molar-refractivity contribution in [3.05, 3.63) is 53.3 Å². The van der Waals surface area contributed by atoms with Crippen LogP contribution < -0.4 is 11.1 Å². The third kappa shape index (κ3) is 2.77. The van der Waals surface area contributed by atoms with Crippen molar-refractivity contribution in [2.24, 2.45) is 0 Å². The highest BCUT2D eigenvalue weighted by molar-refractivity contribution is 5.44. The molecule has 0 bridgehead atoms. The van der Waals surface area contributed by atoms with Crippen LogP contribution in [0.25, 0.3) is 0 Å². The lowest BCUT2D eigenvalue weighted by Crippen LogP contribution is -2.09. The van der Waals surface area contributed by atoms with E-state index < -0.39 is 0 Å². The molecule has 94 valence electrons. The van der Waals surface area contributed by atoms with Gasteiger partial charge in [-0.1, -0.05) is 18.2 Å². The molecule has 3 nitrogen and oxygen atoms in total. The fourth-order valence-corrected chi connectivity index (χ4v) is 1.72. The average molecular weight is 245 g/mol. The molecular weight excluding hydrogens is 229 g/mol. The Morgan fingerprint density at radius 3 is 2.72 bits per heavy atom. The number of aromatic nitrogens is 1. The van der Waals surface area contributed by atoms with Crippen LogP contribution in [0, 0.1) is 12.7 Å². The number of nitrogens with two attached hydrogens (primary N) is 1. The SMILES string of the molecule is Cc1ccc(C(C)Nc2cccc(N)n2)cc1F. The number of anilines is 2. The Bertz CT molecular complexity index is 554. The van der Waals surface area contributed by atoms with Crippen LogP contribution in [0.4, 0.5) is 16.0 Å². The summed E-state index contributed by atoms with van der Waals surface area (Å²) in [4.78, 5) is 4.15. The number of rotatable bonds is 3. The van der Waals surface area contributed by atoms with Crippen molar-refractivity contribution in [3.63, 3.8) is 0 Å². The molecule has 0 aliphatic heterocycles. The van der Waals surface area contributed by atoms with E-state index in [1.54, 1.807) is 25.1 Å². The summed E-state index contributed by atoms with van der Waals surface area (Å²) in [6.45, 7) is 3.70. The van der Waals surface area contributed by atoms with Gasteiger partial charge in [-0.25, -0.2) is 9.37 Å². The summed E-state index contributed by atoms with van der Waals surface area (Å²) < 4.78 is 13.5. The lowest BCUT2D eigenvalue weighted by molar-refractivity contribution is 0.614. The van der Waals surface area contributed by atoms with Crippen LogP contribution in [0.2, 0.25) is 0 Å². The molecule has 18 heavy (non-hydrogen) atoms. The van der Waals surface area contributed by atoms with E-state index >= 15 is 0 Å². The van der Waals surface area contributed by atoms with Crippen molar-refractivity contribution >= 4 is 11.6 Å². The highest BCUT2D eigenvalue weighted by Crippen LogP contribution is 2.20. The summed E-state index contributed by atoms with van der Waals surface area (Å²) in [5.74, 6) is 0.951. The first kappa shape index (κ1) is 12.4. The van der Waals surface area contributed by atoms with Crippen molar-refractivity contribution in [3.8, 4) is 0 Å². The summed E-state index contributed by atoms with van der Waals surface area (Å²) in [7, 11) is 0. The Morgan fingerprint density at radius 2 is 2.06 bits per heavy atom. The zero-order valence-electron chi connectivity index (χ0n) is 10.4. The summed E-state index contributed by atoms with van der Waals surface area (Å²) >= 11 is 0. The molecule has 1 unspecified atom stereocenters. The second-order valence-corrected chi connectivity index (χ2v) is 4.32. The molecule has 0 radical (unpaired) electrons. The van der Waals surface area contributed by atoms with Gasteiger partial charge in [0.15, 0.2) is 0 Å². The van der Waals surface area contributed by atoms with Gasteiger partial charge in [0.2, 0.25) is 0 Å². The molecular formula is C14H16FN3. The summed E-state index contributed by atoms with van der Waals surface area (Å²) in [5, 5.41) is 3.19. The Hall–Kier alpha value is -2.10. The number of halogens is 1. The number of hydrogen-bond acceptors (Lipinski definition) is 3. The van der Waals surface area contributed by atoms with Crippen molar-refractivity contribution in [1.29, 1.82) is 0 Å². The number of benzene rings is 1. The van der Waals surface area contributed by atoms with E-state index in [4.69, 9.17) is 5.73 Å². The Labute approximate surface area is 106 Å². The monoisotopic (exact) mass is 245 g/mol. The molecule has 2 aromatic rings. The van der Waals surface area contributed by atoms with Gasteiger partial charge < -0.3 is 11.1 Å². The molecule has 0 aliphatic carbocycles. The van der Waals surface area contributed by atoms with Gasteiger partial charge in [-0.3, -0.25) is 0 Å². The molecule has 0 saturated heterocycles. The van der Waals surface area contributed by atoms with E-state index in [-0.39, 0.29) is 11.9 Å². The van der Waals surface area contributed by atoms with E-state index in [1.807, 2.05) is 25.1 Å². The molecule has 3 N–H and O–H groups in total. The minimum atomic E-state index is -0.193. The van der Waals surface area contributed by atoms with Crippen molar-refractivity contribution < 1.29 is 4.39 Å². The molecule has 0 fully saturated rings. The number of aryl methyl sites for hydroxylation is 1. The smallest absolute Gasteiger partial charge is 0.128 e. The third-order valence-electron chi connectivity index (χ3n) is 2.83. The van der Waals surface area contributed by atoms with Gasteiger partial charge in [0.25, 0.3) is 0 Å². The lowest BCUT2D eigenvalue weighted by atomic mass is 10.1. The number of pyridine rings is 1. The molecule has 0 spiro atoms. The van der Waals surface area contributed by atoms with Gasteiger partial charge in [-0.15, -0.1) is 0 Å². The lowest BCUT2D eigenvalue weighted by Gasteiger charge is -2.15. The molecule has 0 amide bonds. The molecule has 1 heterocycles. The molecule has 0 saturated carbocycles. The topological polar surface area (TPSA) is 50.9 Å². The van der Waals surface area contributed by atoms with Crippen molar-refractivity contribution in [2.45, 2.75) is 19.9 Å². The normalized spacial score (nSPS) is 12.2. The first-order valence-corrected chi connectivity index (χ1v) is 5.81. The van der Waals surface area contributed by atoms with Crippen LogP contribution in [0.3, 0.4) is 0 Å². The van der Waals surface area contributed by atoms with Crippen LogP contribution in [0.5, 0.6) is 0 Å². The van der Waals surface area contributed by atoms with E-state index in [2.05, 4.69) is 10.3 Å². The second kappa shape index (κ2) is 5.04. The minimum absolute atomic E-state index is 0.0330. The highest BCUT2D eigenvalue weighted by Gasteiger charge is 2.08. The molecule has 1 aromatic carbocycles. The maximum atomic E-state index is 13.5. The molecule has 0 aliphatic rings. The fraction of sp³-hybridized carbons (Fsp3) is 0.214.